The van der Waals surface area contributed by atoms with Gasteiger partial charge in [0.15, 0.2) is 0 Å². The molecule has 432 valence electrons. The third kappa shape index (κ3) is 18.4. The Labute approximate surface area is 530 Å². The van der Waals surface area contributed by atoms with Crippen LogP contribution in [0.1, 0.15) is 62.1 Å². The summed E-state index contributed by atoms with van der Waals surface area (Å²) in [4.78, 5) is 80.7. The van der Waals surface area contributed by atoms with Gasteiger partial charge in [0.1, 0.15) is 0 Å². The van der Waals surface area contributed by atoms with Gasteiger partial charge in [-0.1, -0.05) is 0 Å². The molecule has 0 saturated heterocycles. The Balaban J connectivity index is 1.55. The van der Waals surface area contributed by atoms with Crippen molar-refractivity contribution in [2.75, 3.05) is 0 Å². The second kappa shape index (κ2) is 34.0. The van der Waals surface area contributed by atoms with Gasteiger partial charge in [-0.3, -0.25) is 0 Å². The van der Waals surface area contributed by atoms with Crippen LogP contribution < -0.4 is 63.5 Å². The van der Waals surface area contributed by atoms with E-state index in [4.69, 9.17) is 0 Å². The Morgan fingerprint density at radius 2 is 0.368 bits per heavy atom. The van der Waals surface area contributed by atoms with Gasteiger partial charge in [0.25, 0.3) is 0 Å². The van der Waals surface area contributed by atoms with Crippen LogP contribution in [-0.2, 0) is 0 Å². The number of allylic oxidation sites excluding steroid dienone is 12. The predicted octanol–water partition coefficient (Wildman–Crippen LogP) is 5.81. The number of hydrogen-bond acceptors (Lipinski definition) is 6. The molecule has 0 aromatic heterocycles. The normalized spacial score (nSPS) is 11.3. The van der Waals surface area contributed by atoms with E-state index in [-0.39, 0.29) is 35.4 Å². The molecule has 6 amide bonds. The van der Waals surface area contributed by atoms with Crippen molar-refractivity contribution in [3.8, 4) is 0 Å². The molecule has 7 aromatic carbocycles. The number of hydrogen-bond donors (Lipinski definition) is 6. The van der Waals surface area contributed by atoms with Gasteiger partial charge in [-0.15, -0.1) is 0 Å². The number of rotatable bonds is 27. The molecule has 0 saturated carbocycles. The molecule has 0 radical (unpaired) electrons. The van der Waals surface area contributed by atoms with Gasteiger partial charge in [-0.25, -0.2) is 0 Å². The second-order valence-corrected chi connectivity index (χ2v) is 37.4. The molecule has 7 aromatic rings. The van der Waals surface area contributed by atoms with Crippen LogP contribution in [0.15, 0.2) is 313 Å². The summed E-state index contributed by atoms with van der Waals surface area (Å²) in [6, 6.07) is 53.1. The fourth-order valence-corrected chi connectivity index (χ4v) is 31.1. The van der Waals surface area contributed by atoms with Gasteiger partial charge in [0.05, 0.1) is 0 Å². The standard InChI is InChI=1S/6C11H10NO.C6H3.3Sb/c6*1-2-3-9-12-11(13)10-7-5-4-6-8-10;1-2-4-6-5-3-1;;;/h6*2-3,5-9H,1H2,(H,12,13);1,4-5H;;;. The molecular formula is C72H63N6O6Sb3. The molecule has 0 unspecified atom stereocenters. The summed E-state index contributed by atoms with van der Waals surface area (Å²) in [7, 11) is 0. The molecule has 0 spiro atoms. The minimum atomic E-state index is -3.34. The number of carbonyl (C=O) groups excluding carboxylic acids is 6. The van der Waals surface area contributed by atoms with E-state index in [9.17, 15) is 28.8 Å². The van der Waals surface area contributed by atoms with Crippen molar-refractivity contribution in [2.24, 2.45) is 0 Å². The van der Waals surface area contributed by atoms with Gasteiger partial charge < -0.3 is 0 Å². The second-order valence-electron chi connectivity index (χ2n) is 18.4. The van der Waals surface area contributed by atoms with Crippen molar-refractivity contribution in [3.63, 3.8) is 0 Å². The van der Waals surface area contributed by atoms with Crippen LogP contribution in [0.4, 0.5) is 0 Å². The molecule has 0 heterocycles. The number of nitrogens with one attached hydrogen (secondary N) is 6. The molecule has 7 rings (SSSR count). The third-order valence-corrected chi connectivity index (χ3v) is 33.2. The van der Waals surface area contributed by atoms with Crippen molar-refractivity contribution in [1.82, 2.24) is 31.9 Å². The number of carbonyl (C=O) groups is 6. The Hall–Kier alpha value is -9.31. The van der Waals surface area contributed by atoms with E-state index in [0.29, 0.717) is 33.4 Å². The van der Waals surface area contributed by atoms with E-state index in [1.54, 1.807) is 72.9 Å². The first kappa shape index (κ1) is 65.2. The van der Waals surface area contributed by atoms with E-state index in [2.05, 4.69) is 89.6 Å². The van der Waals surface area contributed by atoms with Crippen molar-refractivity contribution in [2.45, 2.75) is 0 Å². The van der Waals surface area contributed by atoms with E-state index in [1.807, 2.05) is 146 Å². The van der Waals surface area contributed by atoms with Gasteiger partial charge in [0, 0.05) is 0 Å². The molecule has 87 heavy (non-hydrogen) atoms. The molecule has 0 aliphatic rings. The van der Waals surface area contributed by atoms with Crippen LogP contribution in [0.2, 0.25) is 0 Å². The van der Waals surface area contributed by atoms with Crippen LogP contribution in [0.3, 0.4) is 0 Å². The van der Waals surface area contributed by atoms with E-state index < -0.39 is 60.6 Å². The Bertz CT molecular complexity index is 3220. The molecule has 0 fully saturated rings. The average molecular weight is 1470 g/mol. The fourth-order valence-electron chi connectivity index (χ4n) is 8.53. The summed E-state index contributed by atoms with van der Waals surface area (Å²) < 4.78 is 9.41. The first-order valence-corrected chi connectivity index (χ1v) is 38.6. The van der Waals surface area contributed by atoms with E-state index in [1.165, 1.54) is 37.2 Å². The Kier molecular flexibility index (Phi) is 25.5. The average Bonchev–Trinajstić information content (AvgIpc) is 1.27. The summed E-state index contributed by atoms with van der Waals surface area (Å²) in [5.41, 5.74) is 2.73. The maximum atomic E-state index is 13.5. The van der Waals surface area contributed by atoms with Crippen LogP contribution in [-0.4, -0.2) is 96.1 Å². The molecule has 6 N–H and O–H groups in total. The van der Waals surface area contributed by atoms with Gasteiger partial charge >= 0.3 is 535 Å². The van der Waals surface area contributed by atoms with E-state index >= 15 is 0 Å². The van der Waals surface area contributed by atoms with Crippen molar-refractivity contribution in [1.29, 1.82) is 0 Å². The fraction of sp³-hybridized carbons (Fsp3) is 0. The minimum absolute atomic E-state index is 0.290. The van der Waals surface area contributed by atoms with Crippen molar-refractivity contribution in [3.05, 3.63) is 347 Å². The Morgan fingerprint density at radius 3 is 0.494 bits per heavy atom. The molecule has 12 nitrogen and oxygen atoms in total. The van der Waals surface area contributed by atoms with Crippen LogP contribution in [0.25, 0.3) is 0 Å². The summed E-state index contributed by atoms with van der Waals surface area (Å²) in [6.45, 7) is 22.2. The monoisotopic (exact) mass is 1470 g/mol. The van der Waals surface area contributed by atoms with Crippen molar-refractivity contribution < 1.29 is 28.8 Å². The SMILES string of the molecule is C=CC=CNC(=O)c1cc[c]([Sb]([c]2ccc(C(=O)NC=CC=C)cc2)[c]2c[c]([Sb]([c]3ccc(C(=O)NC=CC=C)cc3)[c]3ccc(C(=O)NC=CC=C)cc3)c[c]([Sb]([c]3ccc(C(=O)NC=CC=C)cc3)[c]3ccc(C(=O)NC=CC=C)cc3)c2)cc1. The first-order chi connectivity index (χ1) is 42.4. The zero-order valence-corrected chi connectivity index (χ0v) is 55.2. The topological polar surface area (TPSA) is 175 Å². The number of benzene rings is 7. The molecule has 0 aliphatic carbocycles. The van der Waals surface area contributed by atoms with Crippen LogP contribution >= 0.6 is 0 Å². The maximum absolute atomic E-state index is 13.5. The molecular weight excluding hydrogens is 1410 g/mol. The summed E-state index contributed by atoms with van der Waals surface area (Å²) in [5.74, 6) is -1.74. The van der Waals surface area contributed by atoms with Crippen molar-refractivity contribution >= 4 is 128 Å². The third-order valence-electron chi connectivity index (χ3n) is 12.7. The molecule has 0 atom stereocenters. The summed E-state index contributed by atoms with van der Waals surface area (Å²) in [6.07, 6.45) is 28.5. The van der Waals surface area contributed by atoms with E-state index in [0.717, 1.165) is 31.6 Å². The molecule has 0 bridgehead atoms. The van der Waals surface area contributed by atoms with Crippen LogP contribution in [0, 0.1) is 0 Å². The molecule has 0 aliphatic heterocycles. The zero-order chi connectivity index (χ0) is 61.9. The van der Waals surface area contributed by atoms with Gasteiger partial charge in [-0.2, -0.15) is 0 Å². The van der Waals surface area contributed by atoms with Gasteiger partial charge in [-0.05, 0) is 0 Å². The summed E-state index contributed by atoms with van der Waals surface area (Å²) in [5, 5.41) is 16.8. The summed E-state index contributed by atoms with van der Waals surface area (Å²) >= 11 is -10.0. The predicted molar refractivity (Wildman–Crippen MR) is 360 cm³/mol. The zero-order valence-electron chi connectivity index (χ0n) is 47.5. The number of amides is 6. The first-order valence-electron chi connectivity index (χ1n) is 27.1. The quantitative estimate of drug-likeness (QED) is 0.0280. The van der Waals surface area contributed by atoms with Gasteiger partial charge in [0.2, 0.25) is 0 Å². The van der Waals surface area contributed by atoms with Crippen LogP contribution in [0.5, 0.6) is 0 Å². The molecule has 15 heteroatoms. The Morgan fingerprint density at radius 1 is 0.230 bits per heavy atom.